The van der Waals surface area contributed by atoms with Crippen LogP contribution in [0.1, 0.15) is 104 Å². The number of unbranched alkanes of at least 4 members (excludes halogenated alkanes) is 6. The number of aliphatic carboxylic acids is 2. The Balaban J connectivity index is 0.000000360. The second-order valence-corrected chi connectivity index (χ2v) is 9.54. The van der Waals surface area contributed by atoms with Crippen molar-refractivity contribution in [3.05, 3.63) is 24.3 Å². The largest absolute Gasteiger partial charge is 0.480 e. The summed E-state index contributed by atoms with van der Waals surface area (Å²) in [7, 11) is 0. The summed E-state index contributed by atoms with van der Waals surface area (Å²) < 4.78 is 10.2. The van der Waals surface area contributed by atoms with Crippen molar-refractivity contribution in [1.82, 2.24) is 0 Å². The molecule has 0 aromatic rings. The van der Waals surface area contributed by atoms with E-state index in [4.69, 9.17) is 9.47 Å². The van der Waals surface area contributed by atoms with Crippen molar-refractivity contribution in [1.29, 1.82) is 0 Å². The average molecular weight is 509 g/mol. The number of hydrogen-bond acceptors (Lipinski definition) is 6. The summed E-state index contributed by atoms with van der Waals surface area (Å²) in [6.07, 6.45) is 18.4. The predicted octanol–water partition coefficient (Wildman–Crippen LogP) is 5.84. The molecule has 36 heavy (non-hydrogen) atoms. The minimum Gasteiger partial charge on any atom is -0.480 e. The van der Waals surface area contributed by atoms with Crippen LogP contribution in [0.5, 0.6) is 0 Å². The molecule has 8 nitrogen and oxygen atoms in total. The summed E-state index contributed by atoms with van der Waals surface area (Å²) in [6.45, 7) is 4.86. The first-order valence-corrected chi connectivity index (χ1v) is 13.4. The third-order valence-electron chi connectivity index (χ3n) is 6.64. The third kappa shape index (κ3) is 9.43. The molecule has 2 aliphatic rings. The lowest BCUT2D eigenvalue weighted by molar-refractivity contribution is -0.167. The van der Waals surface area contributed by atoms with Crippen LogP contribution in [0.4, 0.5) is 0 Å². The number of carbonyl (C=O) groups is 4. The Kier molecular flexibility index (Phi) is 14.8. The highest BCUT2D eigenvalue weighted by Crippen LogP contribution is 2.34. The van der Waals surface area contributed by atoms with Gasteiger partial charge in [0.15, 0.2) is 10.8 Å². The molecule has 0 radical (unpaired) electrons. The van der Waals surface area contributed by atoms with E-state index >= 15 is 0 Å². The Labute approximate surface area is 215 Å². The van der Waals surface area contributed by atoms with Crippen molar-refractivity contribution in [2.45, 2.75) is 104 Å². The van der Waals surface area contributed by atoms with E-state index < -0.39 is 34.7 Å². The first-order valence-electron chi connectivity index (χ1n) is 13.4. The van der Waals surface area contributed by atoms with Crippen molar-refractivity contribution in [2.24, 2.45) is 10.8 Å². The number of carboxylic acids is 2. The van der Waals surface area contributed by atoms with Gasteiger partial charge in [-0.3, -0.25) is 19.2 Å². The minimum absolute atomic E-state index is 0.321. The lowest BCUT2D eigenvalue weighted by Gasteiger charge is -2.26. The zero-order valence-electron chi connectivity index (χ0n) is 22.0. The van der Waals surface area contributed by atoms with Crippen LogP contribution in [0.2, 0.25) is 0 Å². The summed E-state index contributed by atoms with van der Waals surface area (Å²) >= 11 is 0. The maximum atomic E-state index is 11.9. The third-order valence-corrected chi connectivity index (χ3v) is 6.64. The van der Waals surface area contributed by atoms with Crippen LogP contribution in [0.3, 0.4) is 0 Å². The molecule has 0 heterocycles. The maximum absolute atomic E-state index is 11.9. The fraction of sp³-hybridized carbons (Fsp3) is 0.714. The highest BCUT2D eigenvalue weighted by molar-refractivity contribution is 6.02. The molecule has 2 rings (SSSR count). The molecule has 2 atom stereocenters. The van der Waals surface area contributed by atoms with E-state index in [0.717, 1.165) is 64.2 Å². The van der Waals surface area contributed by atoms with Gasteiger partial charge >= 0.3 is 23.9 Å². The van der Waals surface area contributed by atoms with Gasteiger partial charge in [0.05, 0.1) is 13.2 Å². The van der Waals surface area contributed by atoms with E-state index in [0.29, 0.717) is 38.9 Å². The van der Waals surface area contributed by atoms with Gasteiger partial charge in [0.2, 0.25) is 0 Å². The first-order chi connectivity index (χ1) is 17.3. The Morgan fingerprint density at radius 2 is 1.06 bits per heavy atom. The van der Waals surface area contributed by atoms with Crippen LogP contribution in [0.25, 0.3) is 0 Å². The molecule has 0 saturated carbocycles. The monoisotopic (exact) mass is 508 g/mol. The minimum atomic E-state index is -1.44. The number of esters is 2. The lowest BCUT2D eigenvalue weighted by atomic mass is 9.79. The molecule has 0 bridgehead atoms. The molecule has 0 spiro atoms. The van der Waals surface area contributed by atoms with Crippen LogP contribution in [0, 0.1) is 10.8 Å². The van der Waals surface area contributed by atoms with Gasteiger partial charge in [-0.2, -0.15) is 0 Å². The zero-order chi connectivity index (χ0) is 26.9. The van der Waals surface area contributed by atoms with Crippen molar-refractivity contribution >= 4 is 23.9 Å². The Bertz CT molecular complexity index is 708. The van der Waals surface area contributed by atoms with Gasteiger partial charge in [-0.25, -0.2) is 0 Å². The van der Waals surface area contributed by atoms with Crippen molar-refractivity contribution in [2.75, 3.05) is 13.2 Å². The SMILES string of the molecule is CCCCCCOC(=O)C1(C(=O)O)C=CCCC1.CCCCCCOC(=O)C1(C(=O)O)C=CCCC1. The fourth-order valence-corrected chi connectivity index (χ4v) is 4.25. The molecule has 2 aliphatic carbocycles. The normalized spacial score (nSPS) is 22.7. The Hall–Kier alpha value is -2.64. The highest BCUT2D eigenvalue weighted by Gasteiger charge is 2.46. The van der Waals surface area contributed by atoms with Crippen molar-refractivity contribution < 1.29 is 38.9 Å². The average Bonchev–Trinajstić information content (AvgIpc) is 2.89. The van der Waals surface area contributed by atoms with E-state index in [1.54, 1.807) is 12.2 Å². The van der Waals surface area contributed by atoms with Crippen LogP contribution in [0.15, 0.2) is 24.3 Å². The van der Waals surface area contributed by atoms with Crippen molar-refractivity contribution in [3.63, 3.8) is 0 Å². The quantitative estimate of drug-likeness (QED) is 0.130. The summed E-state index contributed by atoms with van der Waals surface area (Å²) in [5.41, 5.74) is -2.88. The molecule has 8 heteroatoms. The summed E-state index contributed by atoms with van der Waals surface area (Å²) in [5.74, 6) is -3.42. The summed E-state index contributed by atoms with van der Waals surface area (Å²) in [5, 5.41) is 18.5. The fourth-order valence-electron chi connectivity index (χ4n) is 4.25. The van der Waals surface area contributed by atoms with E-state index in [1.807, 2.05) is 0 Å². The van der Waals surface area contributed by atoms with Crippen LogP contribution >= 0.6 is 0 Å². The molecule has 0 aromatic carbocycles. The Morgan fingerprint density at radius 1 is 0.667 bits per heavy atom. The van der Waals surface area contributed by atoms with E-state index in [1.165, 1.54) is 12.2 Å². The molecule has 204 valence electrons. The van der Waals surface area contributed by atoms with Gasteiger partial charge in [0.25, 0.3) is 0 Å². The molecule has 0 fully saturated rings. The van der Waals surface area contributed by atoms with E-state index in [-0.39, 0.29) is 0 Å². The second-order valence-electron chi connectivity index (χ2n) is 9.54. The number of carbonyl (C=O) groups excluding carboxylic acids is 2. The van der Waals surface area contributed by atoms with Gasteiger partial charge in [0, 0.05) is 0 Å². The summed E-state index contributed by atoms with van der Waals surface area (Å²) in [6, 6.07) is 0. The van der Waals surface area contributed by atoms with Gasteiger partial charge in [-0.05, 0) is 51.4 Å². The number of hydrogen-bond donors (Lipinski definition) is 2. The van der Waals surface area contributed by atoms with Crippen LogP contribution in [-0.4, -0.2) is 47.3 Å². The van der Waals surface area contributed by atoms with Crippen LogP contribution < -0.4 is 0 Å². The topological polar surface area (TPSA) is 127 Å². The molecular weight excluding hydrogens is 464 g/mol. The highest BCUT2D eigenvalue weighted by atomic mass is 16.5. The number of carboxylic acid groups (broad SMARTS) is 2. The smallest absolute Gasteiger partial charge is 0.327 e. The van der Waals surface area contributed by atoms with E-state index in [9.17, 15) is 29.4 Å². The maximum Gasteiger partial charge on any atom is 0.327 e. The Morgan fingerprint density at radius 3 is 1.33 bits per heavy atom. The van der Waals surface area contributed by atoms with Gasteiger partial charge in [0.1, 0.15) is 0 Å². The second kappa shape index (κ2) is 16.9. The first kappa shape index (κ1) is 31.4. The number of ether oxygens (including phenoxy) is 2. The lowest BCUT2D eigenvalue weighted by Crippen LogP contribution is -2.40. The molecule has 2 N–H and O–H groups in total. The standard InChI is InChI=1S/2C14H22O4/c2*1-2-3-4-8-11-18-13(17)14(12(15)16)9-6-5-7-10-14/h2*6,9H,2-5,7-8,10-11H2,1H3,(H,15,16). The molecule has 0 aliphatic heterocycles. The molecule has 0 amide bonds. The molecule has 0 saturated heterocycles. The molecule has 0 aromatic heterocycles. The van der Waals surface area contributed by atoms with Crippen molar-refractivity contribution in [3.8, 4) is 0 Å². The predicted molar refractivity (Wildman–Crippen MR) is 136 cm³/mol. The van der Waals surface area contributed by atoms with Gasteiger partial charge in [-0.15, -0.1) is 0 Å². The van der Waals surface area contributed by atoms with Crippen LogP contribution in [-0.2, 0) is 28.7 Å². The summed E-state index contributed by atoms with van der Waals surface area (Å²) in [4.78, 5) is 46.5. The number of allylic oxidation sites excluding steroid dienone is 2. The molecular formula is C28H44O8. The van der Waals surface area contributed by atoms with Gasteiger partial charge in [-0.1, -0.05) is 76.7 Å². The van der Waals surface area contributed by atoms with Gasteiger partial charge < -0.3 is 19.7 Å². The molecule has 2 unspecified atom stereocenters. The number of rotatable bonds is 14. The zero-order valence-corrected chi connectivity index (χ0v) is 22.0. The van der Waals surface area contributed by atoms with E-state index in [2.05, 4.69) is 13.8 Å².